The van der Waals surface area contributed by atoms with Crippen molar-refractivity contribution >= 4 is 11.3 Å². The van der Waals surface area contributed by atoms with E-state index in [9.17, 15) is 0 Å². The molecule has 1 aromatic rings. The van der Waals surface area contributed by atoms with Crippen LogP contribution in [0, 0.1) is 12.3 Å². The monoisotopic (exact) mass is 176 g/mol. The van der Waals surface area contributed by atoms with Crippen LogP contribution in [0.15, 0.2) is 5.38 Å². The van der Waals surface area contributed by atoms with Crippen molar-refractivity contribution in [1.29, 1.82) is 0 Å². The van der Waals surface area contributed by atoms with Crippen molar-refractivity contribution in [2.45, 2.75) is 32.1 Å². The molecule has 1 heteroatoms. The number of hydrogen-bond donors (Lipinski definition) is 0. The molecule has 2 rings (SSSR count). The summed E-state index contributed by atoms with van der Waals surface area (Å²) >= 11 is 1.90. The second-order valence-corrected chi connectivity index (χ2v) is 4.21. The first-order valence-corrected chi connectivity index (χ1v) is 5.31. The van der Waals surface area contributed by atoms with Gasteiger partial charge in [0, 0.05) is 11.3 Å². The number of thiophene rings is 1. The van der Waals surface area contributed by atoms with Crippen molar-refractivity contribution < 1.29 is 0 Å². The minimum absolute atomic E-state index is 0.825. The summed E-state index contributed by atoms with van der Waals surface area (Å²) in [6.45, 7) is 0. The van der Waals surface area contributed by atoms with Crippen LogP contribution in [-0.2, 0) is 19.3 Å². The average molecular weight is 176 g/mol. The highest BCUT2D eigenvalue weighted by Crippen LogP contribution is 2.30. The molecule has 0 spiro atoms. The maximum absolute atomic E-state index is 5.31. The normalized spacial score (nSPS) is 15.2. The maximum Gasteiger partial charge on any atom is 0.0348 e. The van der Waals surface area contributed by atoms with E-state index in [0.29, 0.717) is 0 Å². The summed E-state index contributed by atoms with van der Waals surface area (Å²) < 4.78 is 0. The van der Waals surface area contributed by atoms with Crippen LogP contribution in [0.1, 0.15) is 28.8 Å². The topological polar surface area (TPSA) is 0 Å². The van der Waals surface area contributed by atoms with Gasteiger partial charge in [-0.2, -0.15) is 0 Å². The van der Waals surface area contributed by atoms with E-state index in [1.54, 1.807) is 10.4 Å². The van der Waals surface area contributed by atoms with Gasteiger partial charge in [0.15, 0.2) is 0 Å². The fourth-order valence-corrected chi connectivity index (χ4v) is 2.97. The van der Waals surface area contributed by atoms with Crippen molar-refractivity contribution in [3.63, 3.8) is 0 Å². The molecule has 0 unspecified atom stereocenters. The molecule has 0 saturated carbocycles. The fraction of sp³-hybridized carbons (Fsp3) is 0.455. The van der Waals surface area contributed by atoms with E-state index < -0.39 is 0 Å². The molecule has 1 aliphatic rings. The molecular weight excluding hydrogens is 164 g/mol. The Morgan fingerprint density at radius 1 is 1.42 bits per heavy atom. The lowest BCUT2D eigenvalue weighted by Gasteiger charge is -2.11. The SMILES string of the molecule is C#CCc1csc2c1CCCC2. The first-order valence-electron chi connectivity index (χ1n) is 4.43. The Hall–Kier alpha value is -0.740. The largest absolute Gasteiger partial charge is 0.148 e. The van der Waals surface area contributed by atoms with Gasteiger partial charge in [-0.1, -0.05) is 0 Å². The van der Waals surface area contributed by atoms with Crippen molar-refractivity contribution in [2.75, 3.05) is 0 Å². The predicted molar refractivity (Wildman–Crippen MR) is 53.5 cm³/mol. The first-order chi connectivity index (χ1) is 5.92. The van der Waals surface area contributed by atoms with Gasteiger partial charge in [0.2, 0.25) is 0 Å². The van der Waals surface area contributed by atoms with E-state index in [2.05, 4.69) is 11.3 Å². The van der Waals surface area contributed by atoms with Gasteiger partial charge in [-0.05, 0) is 42.2 Å². The average Bonchev–Trinajstić information content (AvgIpc) is 2.50. The summed E-state index contributed by atoms with van der Waals surface area (Å²) in [5.41, 5.74) is 2.99. The van der Waals surface area contributed by atoms with Gasteiger partial charge in [0.05, 0.1) is 0 Å². The molecule has 0 amide bonds. The van der Waals surface area contributed by atoms with Gasteiger partial charge in [-0.3, -0.25) is 0 Å². The standard InChI is InChI=1S/C11H12S/c1-2-5-9-8-12-11-7-4-3-6-10(9)11/h1,8H,3-7H2. The summed E-state index contributed by atoms with van der Waals surface area (Å²) in [4.78, 5) is 1.59. The molecule has 0 saturated heterocycles. The quantitative estimate of drug-likeness (QED) is 0.577. The van der Waals surface area contributed by atoms with E-state index in [-0.39, 0.29) is 0 Å². The van der Waals surface area contributed by atoms with Crippen molar-refractivity contribution in [2.24, 2.45) is 0 Å². The zero-order valence-electron chi connectivity index (χ0n) is 7.10. The van der Waals surface area contributed by atoms with E-state index in [1.165, 1.54) is 31.2 Å². The van der Waals surface area contributed by atoms with Crippen LogP contribution in [0.4, 0.5) is 0 Å². The van der Waals surface area contributed by atoms with Crippen molar-refractivity contribution in [3.8, 4) is 12.3 Å². The predicted octanol–water partition coefficient (Wildman–Crippen LogP) is 2.80. The molecule has 0 radical (unpaired) electrons. The lowest BCUT2D eigenvalue weighted by Crippen LogP contribution is -2.00. The van der Waals surface area contributed by atoms with Gasteiger partial charge in [0.1, 0.15) is 0 Å². The molecule has 0 fully saturated rings. The van der Waals surface area contributed by atoms with E-state index in [1.807, 2.05) is 11.3 Å². The molecule has 0 aliphatic heterocycles. The number of aryl methyl sites for hydroxylation is 1. The minimum atomic E-state index is 0.825. The fourth-order valence-electron chi connectivity index (χ4n) is 1.82. The van der Waals surface area contributed by atoms with Crippen LogP contribution in [0.5, 0.6) is 0 Å². The molecule has 0 nitrogen and oxygen atoms in total. The minimum Gasteiger partial charge on any atom is -0.148 e. The number of hydrogen-bond acceptors (Lipinski definition) is 1. The Bertz CT molecular complexity index is 314. The second-order valence-electron chi connectivity index (χ2n) is 3.25. The Morgan fingerprint density at radius 3 is 3.08 bits per heavy atom. The van der Waals surface area contributed by atoms with Crippen LogP contribution in [-0.4, -0.2) is 0 Å². The number of terminal acetylenes is 1. The molecular formula is C11H12S. The second kappa shape index (κ2) is 3.33. The van der Waals surface area contributed by atoms with E-state index in [4.69, 9.17) is 6.42 Å². The molecule has 0 atom stereocenters. The summed E-state index contributed by atoms with van der Waals surface area (Å²) in [5, 5.41) is 2.25. The van der Waals surface area contributed by atoms with Gasteiger partial charge in [-0.25, -0.2) is 0 Å². The molecule has 62 valence electrons. The first kappa shape index (κ1) is 7.89. The summed E-state index contributed by atoms with van der Waals surface area (Å²) in [7, 11) is 0. The Balaban J connectivity index is 2.33. The third kappa shape index (κ3) is 1.28. The third-order valence-electron chi connectivity index (χ3n) is 2.44. The highest BCUT2D eigenvalue weighted by atomic mass is 32.1. The number of fused-ring (bicyclic) bond motifs is 1. The molecule has 0 bridgehead atoms. The van der Waals surface area contributed by atoms with Crippen LogP contribution < -0.4 is 0 Å². The molecule has 1 aliphatic carbocycles. The summed E-state index contributed by atoms with van der Waals surface area (Å²) in [6.07, 6.45) is 11.4. The van der Waals surface area contributed by atoms with Gasteiger partial charge < -0.3 is 0 Å². The molecule has 12 heavy (non-hydrogen) atoms. The van der Waals surface area contributed by atoms with Crippen LogP contribution >= 0.6 is 11.3 Å². The van der Waals surface area contributed by atoms with E-state index >= 15 is 0 Å². The Kier molecular flexibility index (Phi) is 2.19. The smallest absolute Gasteiger partial charge is 0.0348 e. The molecule has 0 aromatic carbocycles. The van der Waals surface area contributed by atoms with Gasteiger partial charge in [0.25, 0.3) is 0 Å². The maximum atomic E-state index is 5.31. The molecule has 1 heterocycles. The van der Waals surface area contributed by atoms with Crippen molar-refractivity contribution in [1.82, 2.24) is 0 Å². The number of rotatable bonds is 1. The molecule has 1 aromatic heterocycles. The zero-order valence-corrected chi connectivity index (χ0v) is 7.91. The highest BCUT2D eigenvalue weighted by molar-refractivity contribution is 7.10. The van der Waals surface area contributed by atoms with Gasteiger partial charge in [-0.15, -0.1) is 23.7 Å². The Morgan fingerprint density at radius 2 is 2.25 bits per heavy atom. The third-order valence-corrected chi connectivity index (χ3v) is 3.58. The van der Waals surface area contributed by atoms with Crippen molar-refractivity contribution in [3.05, 3.63) is 21.4 Å². The van der Waals surface area contributed by atoms with Crippen LogP contribution in [0.25, 0.3) is 0 Å². The van der Waals surface area contributed by atoms with E-state index in [0.717, 1.165) is 6.42 Å². The zero-order chi connectivity index (χ0) is 8.39. The lowest BCUT2D eigenvalue weighted by atomic mass is 9.95. The summed E-state index contributed by atoms with van der Waals surface area (Å²) in [6, 6.07) is 0. The highest BCUT2D eigenvalue weighted by Gasteiger charge is 2.14. The lowest BCUT2D eigenvalue weighted by molar-refractivity contribution is 0.693. The van der Waals surface area contributed by atoms with Gasteiger partial charge >= 0.3 is 0 Å². The Labute approximate surface area is 77.6 Å². The molecule has 0 N–H and O–H groups in total. The van der Waals surface area contributed by atoms with Crippen LogP contribution in [0.3, 0.4) is 0 Å². The van der Waals surface area contributed by atoms with Crippen LogP contribution in [0.2, 0.25) is 0 Å². The summed E-state index contributed by atoms with van der Waals surface area (Å²) in [5.74, 6) is 2.73.